The van der Waals surface area contributed by atoms with Crippen LogP contribution in [0.1, 0.15) is 25.3 Å². The van der Waals surface area contributed by atoms with Crippen LogP contribution in [0.15, 0.2) is 16.6 Å². The summed E-state index contributed by atoms with van der Waals surface area (Å²) in [6, 6.07) is 2.92. The number of hydrogen-bond acceptors (Lipinski definition) is 3. The van der Waals surface area contributed by atoms with Crippen LogP contribution in [0.2, 0.25) is 0 Å². The van der Waals surface area contributed by atoms with Gasteiger partial charge < -0.3 is 15.5 Å². The Hall–Kier alpha value is -1.56. The molecule has 1 unspecified atom stereocenters. The molecule has 1 aromatic rings. The molecule has 0 saturated carbocycles. The molecule has 0 aliphatic rings. The Morgan fingerprint density at radius 3 is 2.47 bits per heavy atom. The maximum Gasteiger partial charge on any atom is 0.310 e. The minimum Gasteiger partial charge on any atom is -0.506 e. The van der Waals surface area contributed by atoms with E-state index in [1.165, 1.54) is 26.0 Å². The van der Waals surface area contributed by atoms with Crippen molar-refractivity contribution in [3.05, 3.63) is 22.2 Å². The standard InChI is InChI=1S/C11H12BrNO4/c1-5(11(16)17)9-7(12)3-4-8(15)10(9)13-6(2)14/h3-5,15H,1-2H3,(H,13,14)(H,16,17). The number of rotatable bonds is 3. The Morgan fingerprint density at radius 1 is 1.41 bits per heavy atom. The first-order valence-corrected chi connectivity index (χ1v) is 5.65. The molecule has 17 heavy (non-hydrogen) atoms. The van der Waals surface area contributed by atoms with E-state index >= 15 is 0 Å². The molecule has 0 aliphatic carbocycles. The van der Waals surface area contributed by atoms with Gasteiger partial charge in [0.25, 0.3) is 0 Å². The van der Waals surface area contributed by atoms with Crippen LogP contribution in [0.3, 0.4) is 0 Å². The molecule has 0 aliphatic heterocycles. The fourth-order valence-electron chi connectivity index (χ4n) is 1.44. The molecule has 1 aromatic carbocycles. The molecule has 92 valence electrons. The first-order valence-electron chi connectivity index (χ1n) is 4.86. The lowest BCUT2D eigenvalue weighted by atomic mass is 9.98. The predicted molar refractivity (Wildman–Crippen MR) is 66.2 cm³/mol. The van der Waals surface area contributed by atoms with E-state index in [-0.39, 0.29) is 17.3 Å². The highest BCUT2D eigenvalue weighted by Crippen LogP contribution is 2.38. The van der Waals surface area contributed by atoms with Crippen molar-refractivity contribution in [2.45, 2.75) is 19.8 Å². The van der Waals surface area contributed by atoms with E-state index in [1.54, 1.807) is 0 Å². The quantitative estimate of drug-likeness (QED) is 0.748. The third kappa shape index (κ3) is 2.97. The van der Waals surface area contributed by atoms with E-state index in [0.29, 0.717) is 10.0 Å². The van der Waals surface area contributed by atoms with Crippen molar-refractivity contribution in [2.24, 2.45) is 0 Å². The van der Waals surface area contributed by atoms with Gasteiger partial charge in [-0.15, -0.1) is 0 Å². The van der Waals surface area contributed by atoms with E-state index < -0.39 is 11.9 Å². The number of phenols is 1. The highest BCUT2D eigenvalue weighted by atomic mass is 79.9. The fourth-order valence-corrected chi connectivity index (χ4v) is 2.11. The lowest BCUT2D eigenvalue weighted by Gasteiger charge is -2.16. The molecule has 0 radical (unpaired) electrons. The number of carboxylic acids is 1. The number of benzene rings is 1. The summed E-state index contributed by atoms with van der Waals surface area (Å²) in [5.41, 5.74) is 0.467. The highest BCUT2D eigenvalue weighted by Gasteiger charge is 2.23. The van der Waals surface area contributed by atoms with Gasteiger partial charge in [0.05, 0.1) is 11.6 Å². The SMILES string of the molecule is CC(=O)Nc1c(O)ccc(Br)c1C(C)C(=O)O. The van der Waals surface area contributed by atoms with E-state index in [0.717, 1.165) is 0 Å². The number of nitrogens with one attached hydrogen (secondary N) is 1. The summed E-state index contributed by atoms with van der Waals surface area (Å²) in [5, 5.41) is 21.1. The van der Waals surface area contributed by atoms with Crippen LogP contribution < -0.4 is 5.32 Å². The minimum absolute atomic E-state index is 0.127. The van der Waals surface area contributed by atoms with Crippen molar-refractivity contribution in [2.75, 3.05) is 5.32 Å². The smallest absolute Gasteiger partial charge is 0.310 e. The van der Waals surface area contributed by atoms with Crippen LogP contribution in [0.25, 0.3) is 0 Å². The molecule has 1 atom stereocenters. The number of hydrogen-bond donors (Lipinski definition) is 3. The van der Waals surface area contributed by atoms with Crippen LogP contribution in [0.5, 0.6) is 5.75 Å². The largest absolute Gasteiger partial charge is 0.506 e. The monoisotopic (exact) mass is 301 g/mol. The highest BCUT2D eigenvalue weighted by molar-refractivity contribution is 9.10. The molecule has 1 amide bonds. The Labute approximate surface area is 107 Å². The molecule has 3 N–H and O–H groups in total. The minimum atomic E-state index is -1.04. The summed E-state index contributed by atoms with van der Waals surface area (Å²) < 4.78 is 0.522. The first-order chi connectivity index (χ1) is 7.84. The lowest BCUT2D eigenvalue weighted by Crippen LogP contribution is -2.14. The number of carbonyl (C=O) groups excluding carboxylic acids is 1. The summed E-state index contributed by atoms with van der Waals surface area (Å²) in [7, 11) is 0. The van der Waals surface area contributed by atoms with Crippen LogP contribution in [-0.4, -0.2) is 22.1 Å². The summed E-state index contributed by atoms with van der Waals surface area (Å²) in [5.74, 6) is -2.43. The van der Waals surface area contributed by atoms with E-state index in [4.69, 9.17) is 5.11 Å². The normalized spacial score (nSPS) is 11.9. The van der Waals surface area contributed by atoms with Crippen molar-refractivity contribution in [3.63, 3.8) is 0 Å². The molecule has 0 spiro atoms. The summed E-state index contributed by atoms with van der Waals surface area (Å²) in [6.45, 7) is 2.77. The zero-order valence-corrected chi connectivity index (χ0v) is 10.9. The topological polar surface area (TPSA) is 86.6 Å². The molecule has 6 heteroatoms. The average Bonchev–Trinajstić information content (AvgIpc) is 2.22. The van der Waals surface area contributed by atoms with Crippen molar-refractivity contribution < 1.29 is 19.8 Å². The second kappa shape index (κ2) is 5.18. The van der Waals surface area contributed by atoms with Crippen LogP contribution in [-0.2, 0) is 9.59 Å². The maximum absolute atomic E-state index is 11.0. The van der Waals surface area contributed by atoms with Gasteiger partial charge in [-0.05, 0) is 19.1 Å². The number of carboxylic acid groups (broad SMARTS) is 1. The van der Waals surface area contributed by atoms with Gasteiger partial charge in [-0.3, -0.25) is 9.59 Å². The molecule has 5 nitrogen and oxygen atoms in total. The van der Waals surface area contributed by atoms with Gasteiger partial charge in [0.1, 0.15) is 5.75 Å². The molecule has 0 heterocycles. The second-order valence-electron chi connectivity index (χ2n) is 3.60. The molecule has 0 bridgehead atoms. The Bertz CT molecular complexity index is 473. The molecular formula is C11H12BrNO4. The lowest BCUT2D eigenvalue weighted by molar-refractivity contribution is -0.138. The Balaban J connectivity index is 3.38. The van der Waals surface area contributed by atoms with Gasteiger partial charge >= 0.3 is 5.97 Å². The second-order valence-corrected chi connectivity index (χ2v) is 4.45. The summed E-state index contributed by atoms with van der Waals surface area (Å²) in [6.07, 6.45) is 0. The zero-order chi connectivity index (χ0) is 13.2. The molecule has 0 fully saturated rings. The zero-order valence-electron chi connectivity index (χ0n) is 9.32. The average molecular weight is 302 g/mol. The number of anilines is 1. The van der Waals surface area contributed by atoms with Crippen LogP contribution in [0, 0.1) is 0 Å². The Kier molecular flexibility index (Phi) is 4.11. The molecule has 0 saturated heterocycles. The van der Waals surface area contributed by atoms with E-state index in [9.17, 15) is 14.7 Å². The van der Waals surface area contributed by atoms with Crippen molar-refractivity contribution in [1.82, 2.24) is 0 Å². The van der Waals surface area contributed by atoms with Gasteiger partial charge in [0.15, 0.2) is 0 Å². The third-order valence-electron chi connectivity index (χ3n) is 2.27. The molecule has 1 rings (SSSR count). The first kappa shape index (κ1) is 13.5. The van der Waals surface area contributed by atoms with E-state index in [2.05, 4.69) is 21.2 Å². The van der Waals surface area contributed by atoms with Crippen LogP contribution in [0.4, 0.5) is 5.69 Å². The Morgan fingerprint density at radius 2 is 2.00 bits per heavy atom. The predicted octanol–water partition coefficient (Wildman–Crippen LogP) is 2.30. The molecule has 0 aromatic heterocycles. The van der Waals surface area contributed by atoms with Crippen LogP contribution >= 0.6 is 15.9 Å². The van der Waals surface area contributed by atoms with Gasteiger partial charge in [0, 0.05) is 17.0 Å². The number of amides is 1. The molecular weight excluding hydrogens is 290 g/mol. The fraction of sp³-hybridized carbons (Fsp3) is 0.273. The van der Waals surface area contributed by atoms with Crippen molar-refractivity contribution in [1.29, 1.82) is 0 Å². The third-order valence-corrected chi connectivity index (χ3v) is 2.97. The van der Waals surface area contributed by atoms with Gasteiger partial charge in [-0.25, -0.2) is 0 Å². The summed E-state index contributed by atoms with van der Waals surface area (Å²) >= 11 is 3.21. The van der Waals surface area contributed by atoms with E-state index in [1.807, 2.05) is 0 Å². The van der Waals surface area contributed by atoms with Gasteiger partial charge in [-0.1, -0.05) is 15.9 Å². The van der Waals surface area contributed by atoms with Gasteiger partial charge in [-0.2, -0.15) is 0 Å². The number of halogens is 1. The number of phenolic OH excluding ortho intramolecular Hbond substituents is 1. The van der Waals surface area contributed by atoms with Crippen molar-refractivity contribution in [3.8, 4) is 5.75 Å². The summed E-state index contributed by atoms with van der Waals surface area (Å²) in [4.78, 5) is 22.0. The maximum atomic E-state index is 11.0. The number of aliphatic carboxylic acids is 1. The number of aromatic hydroxyl groups is 1. The number of carbonyl (C=O) groups is 2. The van der Waals surface area contributed by atoms with Gasteiger partial charge in [0.2, 0.25) is 5.91 Å². The van der Waals surface area contributed by atoms with Crippen molar-refractivity contribution >= 4 is 33.5 Å².